The summed E-state index contributed by atoms with van der Waals surface area (Å²) in [6, 6.07) is 0. The van der Waals surface area contributed by atoms with Gasteiger partial charge in [0.05, 0.1) is 6.16 Å². The lowest BCUT2D eigenvalue weighted by molar-refractivity contribution is -0.00000565. The largest absolute Gasteiger partial charge is 1.00 e. The number of unbranched alkanes of at least 4 members (excludes halogenated alkanes) is 17. The standard InChI is InChI=1S/C23H50P.ClH/c1-5-6-7-8-9-10-11-12-13-14-15-16-17-18-19-20-21-22-23-24(2,3)4;/h5-23H2,1-4H3;1H/q+1;/p-1. The van der Waals surface area contributed by atoms with E-state index in [4.69, 9.17) is 0 Å². The normalized spacial score (nSPS) is 11.5. The van der Waals surface area contributed by atoms with Gasteiger partial charge in [0.15, 0.2) is 0 Å². The van der Waals surface area contributed by atoms with E-state index < -0.39 is 7.26 Å². The van der Waals surface area contributed by atoms with Crippen LogP contribution in [0, 0.1) is 0 Å². The molecule has 0 aliphatic heterocycles. The van der Waals surface area contributed by atoms with Crippen LogP contribution in [0.15, 0.2) is 0 Å². The number of halogens is 1. The Morgan fingerprint density at radius 3 is 0.880 bits per heavy atom. The molecule has 25 heavy (non-hydrogen) atoms. The molecule has 0 atom stereocenters. The van der Waals surface area contributed by atoms with Crippen molar-refractivity contribution in [2.75, 3.05) is 26.2 Å². The fourth-order valence-electron chi connectivity index (χ4n) is 3.49. The highest BCUT2D eigenvalue weighted by molar-refractivity contribution is 7.73. The predicted octanol–water partition coefficient (Wildman–Crippen LogP) is 5.94. The minimum absolute atomic E-state index is 0. The Labute approximate surface area is 168 Å². The summed E-state index contributed by atoms with van der Waals surface area (Å²) in [5.74, 6) is 0. The lowest BCUT2D eigenvalue weighted by atomic mass is 10.0. The van der Waals surface area contributed by atoms with Crippen molar-refractivity contribution in [3.05, 3.63) is 0 Å². The molecule has 0 saturated carbocycles. The first-order valence-corrected chi connectivity index (χ1v) is 14.7. The number of hydrogen-bond donors (Lipinski definition) is 0. The van der Waals surface area contributed by atoms with Gasteiger partial charge in [0.2, 0.25) is 0 Å². The maximum Gasteiger partial charge on any atom is 0.0586 e. The van der Waals surface area contributed by atoms with Gasteiger partial charge in [0, 0.05) is 27.3 Å². The van der Waals surface area contributed by atoms with Crippen molar-refractivity contribution in [3.63, 3.8) is 0 Å². The second-order valence-corrected chi connectivity index (χ2v) is 14.1. The third kappa shape index (κ3) is 27.0. The van der Waals surface area contributed by atoms with E-state index in [1.54, 1.807) is 0 Å². The van der Waals surface area contributed by atoms with Crippen molar-refractivity contribution in [2.45, 2.75) is 122 Å². The molecule has 0 nitrogen and oxygen atoms in total. The van der Waals surface area contributed by atoms with Gasteiger partial charge in [-0.1, -0.05) is 110 Å². The van der Waals surface area contributed by atoms with Crippen LogP contribution >= 0.6 is 7.26 Å². The average molecular weight is 393 g/mol. The van der Waals surface area contributed by atoms with E-state index in [9.17, 15) is 0 Å². The van der Waals surface area contributed by atoms with E-state index in [-0.39, 0.29) is 12.4 Å². The van der Waals surface area contributed by atoms with E-state index in [1.807, 2.05) is 0 Å². The van der Waals surface area contributed by atoms with E-state index in [0.717, 1.165) is 0 Å². The highest BCUT2D eigenvalue weighted by atomic mass is 35.5. The third-order valence-corrected chi connectivity index (χ3v) is 6.84. The molecule has 0 spiro atoms. The summed E-state index contributed by atoms with van der Waals surface area (Å²) >= 11 is 0. The summed E-state index contributed by atoms with van der Waals surface area (Å²) < 4.78 is 0. The van der Waals surface area contributed by atoms with Gasteiger partial charge in [0.25, 0.3) is 0 Å². The Hall–Kier alpha value is 0.720. The molecule has 0 aromatic heterocycles. The molecule has 2 heteroatoms. The van der Waals surface area contributed by atoms with Crippen LogP contribution in [0.5, 0.6) is 0 Å². The van der Waals surface area contributed by atoms with Crippen molar-refractivity contribution in [1.82, 2.24) is 0 Å². The molecule has 0 saturated heterocycles. The minimum Gasteiger partial charge on any atom is -1.00 e. The Morgan fingerprint density at radius 2 is 0.640 bits per heavy atom. The highest BCUT2D eigenvalue weighted by Crippen LogP contribution is 2.47. The van der Waals surface area contributed by atoms with Crippen molar-refractivity contribution in [2.24, 2.45) is 0 Å². The van der Waals surface area contributed by atoms with E-state index >= 15 is 0 Å². The van der Waals surface area contributed by atoms with Gasteiger partial charge >= 0.3 is 0 Å². The molecule has 0 aliphatic rings. The molecule has 0 unspecified atom stereocenters. The SMILES string of the molecule is CCCCCCCCCCCCCCCCCCCC[P+](C)(C)C.[Cl-]. The smallest absolute Gasteiger partial charge is 0.0586 e. The molecule has 0 aliphatic carbocycles. The summed E-state index contributed by atoms with van der Waals surface area (Å²) in [5, 5.41) is 0. The zero-order valence-corrected chi connectivity index (χ0v) is 19.9. The minimum atomic E-state index is -0.507. The van der Waals surface area contributed by atoms with Crippen molar-refractivity contribution >= 4 is 7.26 Å². The van der Waals surface area contributed by atoms with Crippen LogP contribution in [0.2, 0.25) is 0 Å². The zero-order chi connectivity index (χ0) is 17.9. The summed E-state index contributed by atoms with van der Waals surface area (Å²) in [5.41, 5.74) is 0. The van der Waals surface area contributed by atoms with Gasteiger partial charge in [0.1, 0.15) is 0 Å². The van der Waals surface area contributed by atoms with Crippen LogP contribution in [0.4, 0.5) is 0 Å². The Kier molecular flexibility index (Phi) is 23.5. The van der Waals surface area contributed by atoms with Crippen LogP contribution in [-0.2, 0) is 0 Å². The second kappa shape index (κ2) is 21.0. The highest BCUT2D eigenvalue weighted by Gasteiger charge is 2.15. The van der Waals surface area contributed by atoms with Crippen LogP contribution in [-0.4, -0.2) is 26.2 Å². The van der Waals surface area contributed by atoms with Crippen molar-refractivity contribution in [1.29, 1.82) is 0 Å². The van der Waals surface area contributed by atoms with E-state index in [0.29, 0.717) is 0 Å². The number of hydrogen-bond acceptors (Lipinski definition) is 0. The zero-order valence-electron chi connectivity index (χ0n) is 18.3. The molecular formula is C23H50ClP. The maximum absolute atomic E-state index is 2.47. The van der Waals surface area contributed by atoms with Gasteiger partial charge < -0.3 is 12.4 Å². The lowest BCUT2D eigenvalue weighted by Crippen LogP contribution is -3.00. The maximum atomic E-state index is 2.47. The predicted molar refractivity (Wildman–Crippen MR) is 118 cm³/mol. The molecule has 0 fully saturated rings. The van der Waals surface area contributed by atoms with Crippen LogP contribution in [0.1, 0.15) is 122 Å². The summed E-state index contributed by atoms with van der Waals surface area (Å²) in [6.45, 7) is 9.72. The van der Waals surface area contributed by atoms with Gasteiger partial charge in [-0.15, -0.1) is 0 Å². The van der Waals surface area contributed by atoms with Crippen LogP contribution in [0.25, 0.3) is 0 Å². The van der Waals surface area contributed by atoms with Gasteiger partial charge in [-0.05, 0) is 12.8 Å². The Balaban J connectivity index is 0. The summed E-state index contributed by atoms with van der Waals surface area (Å²) in [6.07, 6.45) is 28.1. The molecule has 154 valence electrons. The Morgan fingerprint density at radius 1 is 0.400 bits per heavy atom. The monoisotopic (exact) mass is 392 g/mol. The fraction of sp³-hybridized carbons (Fsp3) is 1.00. The third-order valence-electron chi connectivity index (χ3n) is 5.18. The van der Waals surface area contributed by atoms with Gasteiger partial charge in [-0.3, -0.25) is 0 Å². The molecular weight excluding hydrogens is 343 g/mol. The van der Waals surface area contributed by atoms with Gasteiger partial charge in [-0.25, -0.2) is 0 Å². The van der Waals surface area contributed by atoms with Crippen LogP contribution < -0.4 is 12.4 Å². The Bertz CT molecular complexity index is 235. The molecule has 0 N–H and O–H groups in total. The fourth-order valence-corrected chi connectivity index (χ4v) is 4.66. The van der Waals surface area contributed by atoms with Crippen molar-refractivity contribution < 1.29 is 12.4 Å². The summed E-state index contributed by atoms with van der Waals surface area (Å²) in [4.78, 5) is 0. The molecule has 0 amide bonds. The first-order valence-electron chi connectivity index (χ1n) is 11.4. The van der Waals surface area contributed by atoms with E-state index in [2.05, 4.69) is 26.9 Å². The molecule has 0 heterocycles. The van der Waals surface area contributed by atoms with Crippen molar-refractivity contribution in [3.8, 4) is 0 Å². The molecule has 0 radical (unpaired) electrons. The van der Waals surface area contributed by atoms with Crippen LogP contribution in [0.3, 0.4) is 0 Å². The van der Waals surface area contributed by atoms with E-state index in [1.165, 1.54) is 122 Å². The van der Waals surface area contributed by atoms with Gasteiger partial charge in [-0.2, -0.15) is 0 Å². The summed E-state index contributed by atoms with van der Waals surface area (Å²) in [7, 11) is -0.507. The first-order chi connectivity index (χ1) is 11.6. The lowest BCUT2D eigenvalue weighted by Gasteiger charge is -2.10. The molecule has 0 bridgehead atoms. The quantitative estimate of drug-likeness (QED) is 0.188. The second-order valence-electron chi connectivity index (χ2n) is 9.02. The topological polar surface area (TPSA) is 0 Å². The molecule has 0 rings (SSSR count). The molecule has 0 aromatic carbocycles. The average Bonchev–Trinajstić information content (AvgIpc) is 2.52. The first kappa shape index (κ1) is 27.9. The molecule has 0 aromatic rings. The number of rotatable bonds is 19.